The zero-order chi connectivity index (χ0) is 15.4. The lowest BCUT2D eigenvalue weighted by atomic mass is 10.1. The first-order valence-corrected chi connectivity index (χ1v) is 5.85. The van der Waals surface area contributed by atoms with Crippen LogP contribution in [0.2, 0.25) is 0 Å². The first kappa shape index (κ1) is 14.2. The average Bonchev–Trinajstić information content (AvgIpc) is 2.46. The van der Waals surface area contributed by atoms with E-state index in [-0.39, 0.29) is 22.4 Å². The molecule has 0 unspecified atom stereocenters. The number of anilines is 1. The molecule has 104 valence electrons. The number of benzene rings is 2. The Kier molecular flexibility index (Phi) is 3.95. The zero-order valence-corrected chi connectivity index (χ0v) is 10.6. The Morgan fingerprint density at radius 3 is 2.43 bits per heavy atom. The number of hydrogen-bond acceptors (Lipinski definition) is 3. The van der Waals surface area contributed by atoms with Crippen molar-refractivity contribution in [2.45, 2.75) is 0 Å². The Balaban J connectivity index is 2.33. The van der Waals surface area contributed by atoms with Gasteiger partial charge in [0.1, 0.15) is 5.82 Å². The van der Waals surface area contributed by atoms with Crippen LogP contribution < -0.4 is 5.32 Å². The van der Waals surface area contributed by atoms with E-state index in [0.717, 1.165) is 12.1 Å². The summed E-state index contributed by atoms with van der Waals surface area (Å²) in [4.78, 5) is 23.1. The summed E-state index contributed by atoms with van der Waals surface area (Å²) in [5.74, 6) is -2.60. The van der Waals surface area contributed by atoms with Gasteiger partial charge in [-0.05, 0) is 30.3 Å². The van der Waals surface area contributed by atoms with Gasteiger partial charge in [-0.15, -0.1) is 0 Å². The van der Waals surface area contributed by atoms with E-state index in [4.69, 9.17) is 10.4 Å². The van der Waals surface area contributed by atoms with E-state index in [1.807, 2.05) is 0 Å². The first-order valence-electron chi connectivity index (χ1n) is 5.85. The zero-order valence-electron chi connectivity index (χ0n) is 10.6. The molecule has 0 radical (unpaired) electrons. The smallest absolute Gasteiger partial charge is 0.336 e. The minimum atomic E-state index is -1.24. The van der Waals surface area contributed by atoms with Crippen LogP contribution in [0, 0.1) is 17.1 Å². The average molecular weight is 284 g/mol. The van der Waals surface area contributed by atoms with Crippen molar-refractivity contribution >= 4 is 17.6 Å². The summed E-state index contributed by atoms with van der Waals surface area (Å²) in [6.45, 7) is 0. The highest BCUT2D eigenvalue weighted by molar-refractivity contribution is 6.10. The topological polar surface area (TPSA) is 90.2 Å². The molecule has 2 aromatic rings. The largest absolute Gasteiger partial charge is 0.478 e. The van der Waals surface area contributed by atoms with Crippen LogP contribution in [0.3, 0.4) is 0 Å². The van der Waals surface area contributed by atoms with Gasteiger partial charge in [-0.25, -0.2) is 9.18 Å². The fourth-order valence-electron chi connectivity index (χ4n) is 1.79. The Hall–Kier alpha value is -3.20. The third-order valence-corrected chi connectivity index (χ3v) is 2.69. The fourth-order valence-corrected chi connectivity index (χ4v) is 1.79. The highest BCUT2D eigenvalue weighted by Crippen LogP contribution is 2.16. The molecule has 1 amide bonds. The van der Waals surface area contributed by atoms with Crippen LogP contribution in [0.5, 0.6) is 0 Å². The van der Waals surface area contributed by atoms with Crippen LogP contribution >= 0.6 is 0 Å². The molecule has 2 N–H and O–H groups in total. The predicted molar refractivity (Wildman–Crippen MR) is 72.5 cm³/mol. The predicted octanol–water partition coefficient (Wildman–Crippen LogP) is 2.65. The molecule has 0 fully saturated rings. The second kappa shape index (κ2) is 5.84. The number of rotatable bonds is 3. The van der Waals surface area contributed by atoms with Gasteiger partial charge < -0.3 is 10.4 Å². The molecule has 0 aliphatic rings. The maximum Gasteiger partial charge on any atom is 0.336 e. The number of carbonyl (C=O) groups excluding carboxylic acids is 1. The van der Waals surface area contributed by atoms with Gasteiger partial charge in [0.2, 0.25) is 0 Å². The van der Waals surface area contributed by atoms with E-state index in [9.17, 15) is 14.0 Å². The number of nitriles is 1. The van der Waals surface area contributed by atoms with Crippen molar-refractivity contribution < 1.29 is 19.1 Å². The third-order valence-electron chi connectivity index (χ3n) is 2.69. The molecule has 0 aromatic heterocycles. The molecule has 21 heavy (non-hydrogen) atoms. The number of halogens is 1. The number of carboxylic acids is 1. The number of carbonyl (C=O) groups is 2. The maximum atomic E-state index is 13.3. The summed E-state index contributed by atoms with van der Waals surface area (Å²) >= 11 is 0. The molecule has 5 nitrogen and oxygen atoms in total. The quantitative estimate of drug-likeness (QED) is 0.906. The fraction of sp³-hybridized carbons (Fsp3) is 0. The lowest BCUT2D eigenvalue weighted by Crippen LogP contribution is -2.16. The summed E-state index contributed by atoms with van der Waals surface area (Å²) in [6, 6.07) is 10.8. The van der Waals surface area contributed by atoms with Crippen molar-refractivity contribution in [2.24, 2.45) is 0 Å². The minimum Gasteiger partial charge on any atom is -0.478 e. The van der Waals surface area contributed by atoms with Gasteiger partial charge in [0.15, 0.2) is 0 Å². The van der Waals surface area contributed by atoms with Crippen molar-refractivity contribution in [2.75, 3.05) is 5.32 Å². The lowest BCUT2D eigenvalue weighted by molar-refractivity contribution is 0.0692. The molecule has 0 bridgehead atoms. The van der Waals surface area contributed by atoms with Crippen molar-refractivity contribution in [3.63, 3.8) is 0 Å². The van der Waals surface area contributed by atoms with E-state index in [1.54, 1.807) is 6.07 Å². The van der Waals surface area contributed by atoms with Crippen molar-refractivity contribution in [3.8, 4) is 6.07 Å². The van der Waals surface area contributed by atoms with Gasteiger partial charge in [-0.1, -0.05) is 12.1 Å². The van der Waals surface area contributed by atoms with Crippen LogP contribution in [-0.2, 0) is 0 Å². The number of nitrogens with zero attached hydrogens (tertiary/aromatic N) is 1. The van der Waals surface area contributed by atoms with Gasteiger partial charge in [0.05, 0.1) is 22.8 Å². The number of hydrogen-bond donors (Lipinski definition) is 2. The summed E-state index contributed by atoms with van der Waals surface area (Å²) in [5, 5.41) is 20.1. The molecule has 0 atom stereocenters. The van der Waals surface area contributed by atoms with E-state index in [0.29, 0.717) is 0 Å². The van der Waals surface area contributed by atoms with Gasteiger partial charge in [0.25, 0.3) is 5.91 Å². The normalized spacial score (nSPS) is 9.71. The number of nitrogens with one attached hydrogen (secondary N) is 1. The third kappa shape index (κ3) is 3.22. The van der Waals surface area contributed by atoms with E-state index in [1.165, 1.54) is 30.3 Å². The van der Waals surface area contributed by atoms with Crippen LogP contribution in [-0.4, -0.2) is 17.0 Å². The van der Waals surface area contributed by atoms with Crippen LogP contribution in [0.4, 0.5) is 10.1 Å². The molecule has 6 heteroatoms. The van der Waals surface area contributed by atoms with Crippen molar-refractivity contribution in [3.05, 3.63) is 65.0 Å². The molecule has 2 aromatic carbocycles. The van der Waals surface area contributed by atoms with Gasteiger partial charge >= 0.3 is 5.97 Å². The molecule has 0 aliphatic carbocycles. The lowest BCUT2D eigenvalue weighted by Gasteiger charge is -2.08. The summed E-state index contributed by atoms with van der Waals surface area (Å²) in [7, 11) is 0. The maximum absolute atomic E-state index is 13.3. The standard InChI is InChI=1S/C15H9FN2O3/c16-10-5-9(8-17)6-11(7-10)18-14(19)12-3-1-2-4-13(12)15(20)21/h1-7H,(H,18,19)(H,20,21). The summed E-state index contributed by atoms with van der Waals surface area (Å²) in [6.07, 6.45) is 0. The number of amides is 1. The first-order chi connectivity index (χ1) is 10.0. The molecular formula is C15H9FN2O3. The number of aromatic carboxylic acids is 1. The Labute approximate surface area is 119 Å². The minimum absolute atomic E-state index is 0.0484. The van der Waals surface area contributed by atoms with Crippen LogP contribution in [0.15, 0.2) is 42.5 Å². The highest BCUT2D eigenvalue weighted by atomic mass is 19.1. The molecule has 0 heterocycles. The van der Waals surface area contributed by atoms with E-state index >= 15 is 0 Å². The molecule has 2 rings (SSSR count). The Bertz CT molecular complexity index is 766. The molecular weight excluding hydrogens is 275 g/mol. The van der Waals surface area contributed by atoms with Crippen molar-refractivity contribution in [1.29, 1.82) is 5.26 Å². The summed E-state index contributed by atoms with van der Waals surface area (Å²) in [5.41, 5.74) is -0.0757. The Morgan fingerprint density at radius 1 is 1.14 bits per heavy atom. The highest BCUT2D eigenvalue weighted by Gasteiger charge is 2.16. The van der Waals surface area contributed by atoms with E-state index < -0.39 is 17.7 Å². The van der Waals surface area contributed by atoms with Crippen LogP contribution in [0.25, 0.3) is 0 Å². The molecule has 0 spiro atoms. The monoisotopic (exact) mass is 284 g/mol. The molecule has 0 saturated heterocycles. The van der Waals surface area contributed by atoms with Crippen molar-refractivity contribution in [1.82, 2.24) is 0 Å². The number of carboxylic acid groups (broad SMARTS) is 1. The molecule has 0 saturated carbocycles. The van der Waals surface area contributed by atoms with Gasteiger partial charge in [-0.2, -0.15) is 5.26 Å². The van der Waals surface area contributed by atoms with Gasteiger partial charge in [0, 0.05) is 5.69 Å². The van der Waals surface area contributed by atoms with E-state index in [2.05, 4.69) is 5.32 Å². The SMILES string of the molecule is N#Cc1cc(F)cc(NC(=O)c2ccccc2C(=O)O)c1. The summed E-state index contributed by atoms with van der Waals surface area (Å²) < 4.78 is 13.3. The second-order valence-electron chi connectivity index (χ2n) is 4.15. The van der Waals surface area contributed by atoms with Gasteiger partial charge in [-0.3, -0.25) is 4.79 Å². The van der Waals surface area contributed by atoms with Crippen LogP contribution in [0.1, 0.15) is 26.3 Å². The second-order valence-corrected chi connectivity index (χ2v) is 4.15. The molecule has 0 aliphatic heterocycles. The Morgan fingerprint density at radius 2 is 1.81 bits per heavy atom.